The van der Waals surface area contributed by atoms with E-state index in [9.17, 15) is 0 Å². The molecule has 0 aromatic carbocycles. The lowest BCUT2D eigenvalue weighted by molar-refractivity contribution is 0.596. The molecule has 0 saturated heterocycles. The van der Waals surface area contributed by atoms with Gasteiger partial charge in [0.15, 0.2) is 0 Å². The molecule has 80 valence electrons. The molecule has 0 spiro atoms. The molecule has 1 atom stereocenters. The Balaban J connectivity index is 2.17. The third-order valence-corrected chi connectivity index (χ3v) is 3.72. The minimum absolute atomic E-state index is 0.274. The maximum atomic E-state index is 4.39. The monoisotopic (exact) mass is 238 g/mol. The fraction of sp³-hybridized carbons (Fsp3) is 0.364. The first-order valence-electron chi connectivity index (χ1n) is 5.06. The van der Waals surface area contributed by atoms with Gasteiger partial charge in [0.25, 0.3) is 0 Å². The molecule has 4 heteroatoms. The number of aromatic nitrogens is 1. The van der Waals surface area contributed by atoms with E-state index in [1.807, 2.05) is 5.51 Å². The predicted molar refractivity (Wildman–Crippen MR) is 66.6 cm³/mol. The number of nitrogens with zero attached hydrogens (tertiary/aromatic N) is 1. The van der Waals surface area contributed by atoms with Gasteiger partial charge in [0.1, 0.15) is 0 Å². The van der Waals surface area contributed by atoms with Crippen molar-refractivity contribution in [2.24, 2.45) is 0 Å². The minimum atomic E-state index is 0.274. The van der Waals surface area contributed by atoms with Gasteiger partial charge in [-0.3, -0.25) is 0 Å². The Bertz CT molecular complexity index is 333. The van der Waals surface area contributed by atoms with Gasteiger partial charge < -0.3 is 5.32 Å². The Morgan fingerprint density at radius 3 is 3.07 bits per heavy atom. The lowest BCUT2D eigenvalue weighted by Gasteiger charge is -2.14. The third kappa shape index (κ3) is 2.65. The van der Waals surface area contributed by atoms with E-state index in [1.165, 1.54) is 4.88 Å². The molecule has 2 rings (SSSR count). The maximum absolute atomic E-state index is 4.39. The predicted octanol–water partition coefficient (Wildman–Crippen LogP) is 3.29. The number of rotatable bonds is 5. The SMILES string of the molecule is CCCNC(c1cscn1)c1cccs1. The maximum Gasteiger partial charge on any atom is 0.0853 e. The smallest absolute Gasteiger partial charge is 0.0853 e. The molecular weight excluding hydrogens is 224 g/mol. The summed E-state index contributed by atoms with van der Waals surface area (Å²) in [5.41, 5.74) is 3.03. The summed E-state index contributed by atoms with van der Waals surface area (Å²) < 4.78 is 0. The van der Waals surface area contributed by atoms with Crippen LogP contribution >= 0.6 is 22.7 Å². The molecule has 0 bridgehead atoms. The Hall–Kier alpha value is -0.710. The molecule has 0 aliphatic rings. The summed E-state index contributed by atoms with van der Waals surface area (Å²) in [5.74, 6) is 0. The summed E-state index contributed by atoms with van der Waals surface area (Å²) in [5, 5.41) is 7.76. The number of thiazole rings is 1. The second-order valence-electron chi connectivity index (χ2n) is 3.32. The van der Waals surface area contributed by atoms with Gasteiger partial charge in [-0.15, -0.1) is 22.7 Å². The Morgan fingerprint density at radius 1 is 1.53 bits per heavy atom. The molecule has 2 aromatic heterocycles. The Morgan fingerprint density at radius 2 is 2.47 bits per heavy atom. The van der Waals surface area contributed by atoms with E-state index < -0.39 is 0 Å². The summed E-state index contributed by atoms with van der Waals surface area (Å²) in [6.45, 7) is 3.21. The molecule has 0 fully saturated rings. The second kappa shape index (κ2) is 5.39. The largest absolute Gasteiger partial charge is 0.304 e. The van der Waals surface area contributed by atoms with Gasteiger partial charge in [0.05, 0.1) is 17.2 Å². The normalized spacial score (nSPS) is 12.9. The molecule has 2 nitrogen and oxygen atoms in total. The highest BCUT2D eigenvalue weighted by Crippen LogP contribution is 2.25. The summed E-state index contributed by atoms with van der Waals surface area (Å²) in [6.07, 6.45) is 1.14. The van der Waals surface area contributed by atoms with E-state index in [2.05, 4.69) is 40.1 Å². The van der Waals surface area contributed by atoms with Crippen molar-refractivity contribution in [3.05, 3.63) is 39.0 Å². The Labute approximate surface area is 98.0 Å². The number of hydrogen-bond donors (Lipinski definition) is 1. The van der Waals surface area contributed by atoms with Crippen LogP contribution in [0.15, 0.2) is 28.4 Å². The van der Waals surface area contributed by atoms with Crippen molar-refractivity contribution in [2.45, 2.75) is 19.4 Å². The van der Waals surface area contributed by atoms with Gasteiger partial charge >= 0.3 is 0 Å². The van der Waals surface area contributed by atoms with Crippen molar-refractivity contribution in [1.29, 1.82) is 0 Å². The number of thiophene rings is 1. The number of hydrogen-bond acceptors (Lipinski definition) is 4. The molecule has 15 heavy (non-hydrogen) atoms. The van der Waals surface area contributed by atoms with Gasteiger partial charge in [-0.25, -0.2) is 4.98 Å². The summed E-state index contributed by atoms with van der Waals surface area (Å²) >= 11 is 3.43. The molecule has 2 heterocycles. The van der Waals surface area contributed by atoms with Crippen molar-refractivity contribution in [3.63, 3.8) is 0 Å². The van der Waals surface area contributed by atoms with Gasteiger partial charge in [0.2, 0.25) is 0 Å². The average Bonchev–Trinajstić information content (AvgIpc) is 2.90. The molecule has 1 unspecified atom stereocenters. The zero-order valence-electron chi connectivity index (χ0n) is 8.64. The quantitative estimate of drug-likeness (QED) is 0.864. The van der Waals surface area contributed by atoms with Crippen molar-refractivity contribution < 1.29 is 0 Å². The van der Waals surface area contributed by atoms with Gasteiger partial charge in [0, 0.05) is 10.3 Å². The first-order valence-corrected chi connectivity index (χ1v) is 6.89. The summed E-state index contributed by atoms with van der Waals surface area (Å²) in [6, 6.07) is 4.53. The molecule has 1 N–H and O–H groups in total. The zero-order valence-corrected chi connectivity index (χ0v) is 10.3. The van der Waals surface area contributed by atoms with Gasteiger partial charge in [-0.2, -0.15) is 0 Å². The van der Waals surface area contributed by atoms with E-state index in [1.54, 1.807) is 22.7 Å². The molecule has 2 aromatic rings. The van der Waals surface area contributed by atoms with Crippen LogP contribution in [0.1, 0.15) is 30.0 Å². The lowest BCUT2D eigenvalue weighted by Crippen LogP contribution is -2.22. The van der Waals surface area contributed by atoms with Crippen LogP contribution in [0.3, 0.4) is 0 Å². The summed E-state index contributed by atoms with van der Waals surface area (Å²) in [4.78, 5) is 5.73. The van der Waals surface area contributed by atoms with Crippen LogP contribution in [0.4, 0.5) is 0 Å². The van der Waals surface area contributed by atoms with E-state index in [-0.39, 0.29) is 6.04 Å². The third-order valence-electron chi connectivity index (χ3n) is 2.17. The second-order valence-corrected chi connectivity index (χ2v) is 5.01. The zero-order chi connectivity index (χ0) is 10.5. The van der Waals surface area contributed by atoms with Crippen molar-refractivity contribution in [2.75, 3.05) is 6.54 Å². The van der Waals surface area contributed by atoms with Crippen LogP contribution in [-0.4, -0.2) is 11.5 Å². The molecule has 0 aliphatic heterocycles. The fourth-order valence-corrected chi connectivity index (χ4v) is 2.85. The van der Waals surface area contributed by atoms with E-state index in [0.717, 1.165) is 18.7 Å². The molecule has 0 radical (unpaired) electrons. The van der Waals surface area contributed by atoms with E-state index in [4.69, 9.17) is 0 Å². The molecule has 0 aliphatic carbocycles. The molecule has 0 saturated carbocycles. The van der Waals surface area contributed by atoms with Gasteiger partial charge in [-0.05, 0) is 24.4 Å². The van der Waals surface area contributed by atoms with Crippen LogP contribution in [0.25, 0.3) is 0 Å². The first-order chi connectivity index (χ1) is 7.42. The highest BCUT2D eigenvalue weighted by atomic mass is 32.1. The van der Waals surface area contributed by atoms with Crippen LogP contribution < -0.4 is 5.32 Å². The molecule has 0 amide bonds. The van der Waals surface area contributed by atoms with Crippen LogP contribution in [-0.2, 0) is 0 Å². The van der Waals surface area contributed by atoms with Crippen molar-refractivity contribution >= 4 is 22.7 Å². The molecular formula is C11H14N2S2. The first kappa shape index (κ1) is 10.8. The van der Waals surface area contributed by atoms with E-state index >= 15 is 0 Å². The van der Waals surface area contributed by atoms with Gasteiger partial charge in [-0.1, -0.05) is 13.0 Å². The average molecular weight is 238 g/mol. The Kier molecular flexibility index (Phi) is 3.88. The van der Waals surface area contributed by atoms with Crippen LogP contribution in [0, 0.1) is 0 Å². The topological polar surface area (TPSA) is 24.9 Å². The van der Waals surface area contributed by atoms with Crippen molar-refractivity contribution in [1.82, 2.24) is 10.3 Å². The van der Waals surface area contributed by atoms with Crippen LogP contribution in [0.5, 0.6) is 0 Å². The van der Waals surface area contributed by atoms with E-state index in [0.29, 0.717) is 0 Å². The summed E-state index contributed by atoms with van der Waals surface area (Å²) in [7, 11) is 0. The minimum Gasteiger partial charge on any atom is -0.304 e. The fourth-order valence-electron chi connectivity index (χ4n) is 1.46. The highest BCUT2D eigenvalue weighted by Gasteiger charge is 2.15. The van der Waals surface area contributed by atoms with Crippen molar-refractivity contribution in [3.8, 4) is 0 Å². The highest BCUT2D eigenvalue weighted by molar-refractivity contribution is 7.10. The number of nitrogens with one attached hydrogen (secondary N) is 1. The standard InChI is InChI=1S/C11H14N2S2/c1-2-5-12-11(9-7-14-8-13-9)10-4-3-6-15-10/h3-4,6-8,11-12H,2,5H2,1H3. The lowest BCUT2D eigenvalue weighted by atomic mass is 10.2. The van der Waals surface area contributed by atoms with Crippen LogP contribution in [0.2, 0.25) is 0 Å².